The van der Waals surface area contributed by atoms with Gasteiger partial charge in [-0.2, -0.15) is 0 Å². The first-order chi connectivity index (χ1) is 9.79. The van der Waals surface area contributed by atoms with Gasteiger partial charge in [-0.05, 0) is 68.0 Å². The lowest BCUT2D eigenvalue weighted by molar-refractivity contribution is 0.145. The Morgan fingerprint density at radius 1 is 1.30 bits per heavy atom. The Balaban J connectivity index is 1.51. The Hall–Kier alpha value is -0.470. The fourth-order valence-corrected chi connectivity index (χ4v) is 6.77. The van der Waals surface area contributed by atoms with E-state index in [0.29, 0.717) is 5.41 Å². The summed E-state index contributed by atoms with van der Waals surface area (Å²) >= 11 is 2.15. The second-order valence-electron chi connectivity index (χ2n) is 7.23. The van der Waals surface area contributed by atoms with Gasteiger partial charge in [-0.1, -0.05) is 24.6 Å². The van der Waals surface area contributed by atoms with Crippen molar-refractivity contribution < 1.29 is 0 Å². The zero-order valence-electron chi connectivity index (χ0n) is 12.4. The van der Waals surface area contributed by atoms with E-state index < -0.39 is 0 Å². The minimum atomic E-state index is 0.609. The molecule has 2 heteroatoms. The maximum atomic E-state index is 3.52. The van der Waals surface area contributed by atoms with Crippen LogP contribution < -0.4 is 5.32 Å². The third kappa shape index (κ3) is 2.12. The lowest BCUT2D eigenvalue weighted by atomic mass is 9.69. The van der Waals surface area contributed by atoms with Gasteiger partial charge in [-0.15, -0.1) is 11.8 Å². The van der Waals surface area contributed by atoms with E-state index in [-0.39, 0.29) is 0 Å². The van der Waals surface area contributed by atoms with E-state index in [4.69, 9.17) is 0 Å². The molecule has 20 heavy (non-hydrogen) atoms. The first kappa shape index (κ1) is 13.2. The maximum Gasteiger partial charge on any atom is 0.0141 e. The molecule has 4 unspecified atom stereocenters. The first-order valence-electron chi connectivity index (χ1n) is 8.18. The molecule has 0 radical (unpaired) electrons. The molecule has 108 valence electrons. The zero-order chi connectivity index (χ0) is 13.6. The average molecular weight is 287 g/mol. The topological polar surface area (TPSA) is 12.0 Å². The lowest BCUT2D eigenvalue weighted by Crippen LogP contribution is -2.39. The Labute approximate surface area is 126 Å². The number of hydrogen-bond donors (Lipinski definition) is 1. The largest absolute Gasteiger partial charge is 0.319 e. The van der Waals surface area contributed by atoms with Crippen molar-refractivity contribution in [2.45, 2.75) is 48.7 Å². The zero-order valence-corrected chi connectivity index (χ0v) is 13.2. The maximum absolute atomic E-state index is 3.52. The normalized spacial score (nSPS) is 38.4. The van der Waals surface area contributed by atoms with Crippen molar-refractivity contribution in [2.24, 2.45) is 17.3 Å². The third-order valence-corrected chi connectivity index (χ3v) is 7.30. The smallest absolute Gasteiger partial charge is 0.0141 e. The Bertz CT molecular complexity index is 475. The molecule has 4 rings (SSSR count). The molecular formula is C18H25NS. The number of thioether (sulfide) groups is 1. The molecule has 0 spiro atoms. The molecule has 0 aromatic heterocycles. The molecule has 0 amide bonds. The van der Waals surface area contributed by atoms with Crippen molar-refractivity contribution in [1.82, 2.24) is 5.32 Å². The van der Waals surface area contributed by atoms with Crippen LogP contribution in [-0.2, 0) is 6.42 Å². The van der Waals surface area contributed by atoms with Gasteiger partial charge >= 0.3 is 0 Å². The average Bonchev–Trinajstić information content (AvgIpc) is 3.11. The first-order valence-corrected chi connectivity index (χ1v) is 9.06. The molecule has 1 N–H and O–H groups in total. The summed E-state index contributed by atoms with van der Waals surface area (Å²) in [4.78, 5) is 1.54. The summed E-state index contributed by atoms with van der Waals surface area (Å²) in [5.41, 5.74) is 2.20. The molecule has 2 bridgehead atoms. The van der Waals surface area contributed by atoms with Crippen LogP contribution >= 0.6 is 11.8 Å². The molecule has 2 aliphatic carbocycles. The number of hydrogen-bond acceptors (Lipinski definition) is 2. The summed E-state index contributed by atoms with van der Waals surface area (Å²) in [5, 5.41) is 4.34. The van der Waals surface area contributed by atoms with Gasteiger partial charge in [-0.3, -0.25) is 0 Å². The number of nitrogens with one attached hydrogen (secondary N) is 1. The summed E-state index contributed by atoms with van der Waals surface area (Å²) in [6.07, 6.45) is 8.74. The van der Waals surface area contributed by atoms with Gasteiger partial charge < -0.3 is 5.32 Å². The van der Waals surface area contributed by atoms with Crippen LogP contribution in [0.4, 0.5) is 0 Å². The lowest BCUT2D eigenvalue weighted by Gasteiger charge is -2.39. The van der Waals surface area contributed by atoms with Gasteiger partial charge in [-0.25, -0.2) is 0 Å². The molecule has 3 aliphatic rings. The second-order valence-corrected chi connectivity index (χ2v) is 8.57. The predicted octanol–water partition coefficient (Wildman–Crippen LogP) is 4.12. The van der Waals surface area contributed by atoms with E-state index in [9.17, 15) is 0 Å². The molecule has 4 atom stereocenters. The van der Waals surface area contributed by atoms with Crippen molar-refractivity contribution in [1.29, 1.82) is 0 Å². The summed E-state index contributed by atoms with van der Waals surface area (Å²) < 4.78 is 0. The predicted molar refractivity (Wildman–Crippen MR) is 86.2 cm³/mol. The molecule has 0 saturated heterocycles. The number of rotatable bonds is 4. The van der Waals surface area contributed by atoms with Crippen LogP contribution in [0, 0.1) is 17.3 Å². The van der Waals surface area contributed by atoms with E-state index in [2.05, 4.69) is 48.4 Å². The van der Waals surface area contributed by atoms with Crippen molar-refractivity contribution in [2.75, 3.05) is 13.6 Å². The van der Waals surface area contributed by atoms with Crippen LogP contribution in [0.25, 0.3) is 0 Å². The third-order valence-electron chi connectivity index (χ3n) is 5.98. The van der Waals surface area contributed by atoms with Gasteiger partial charge in [0.05, 0.1) is 0 Å². The quantitative estimate of drug-likeness (QED) is 0.894. The molecule has 1 heterocycles. The summed E-state index contributed by atoms with van der Waals surface area (Å²) in [6, 6.07) is 9.03. The van der Waals surface area contributed by atoms with Crippen LogP contribution in [-0.4, -0.2) is 18.8 Å². The van der Waals surface area contributed by atoms with E-state index >= 15 is 0 Å². The van der Waals surface area contributed by atoms with Gasteiger partial charge in [0, 0.05) is 16.7 Å². The van der Waals surface area contributed by atoms with Crippen molar-refractivity contribution in [3.63, 3.8) is 0 Å². The van der Waals surface area contributed by atoms with Crippen molar-refractivity contribution in [3.8, 4) is 0 Å². The fraction of sp³-hybridized carbons (Fsp3) is 0.667. The minimum Gasteiger partial charge on any atom is -0.319 e. The standard InChI is InChI=1S/C18H25NS/c1-19-12-18(10-13-6-7-15(18)8-13)11-16-9-14-4-2-3-5-17(14)20-16/h2-5,13,15-16,19H,6-12H2,1H3. The second kappa shape index (κ2) is 5.06. The van der Waals surface area contributed by atoms with Gasteiger partial charge in [0.15, 0.2) is 0 Å². The SMILES string of the molecule is CNCC1(CC2Cc3ccccc3S2)CC2CCC1C2. The number of fused-ring (bicyclic) bond motifs is 3. The van der Waals surface area contributed by atoms with Crippen molar-refractivity contribution >= 4 is 11.8 Å². The van der Waals surface area contributed by atoms with E-state index in [1.807, 2.05) is 0 Å². The molecule has 2 fully saturated rings. The monoisotopic (exact) mass is 287 g/mol. The molecule has 1 nitrogen and oxygen atoms in total. The summed E-state index contributed by atoms with van der Waals surface area (Å²) in [7, 11) is 2.14. The minimum absolute atomic E-state index is 0.609. The highest BCUT2D eigenvalue weighted by Gasteiger charge is 2.51. The van der Waals surface area contributed by atoms with Crippen LogP contribution in [0.2, 0.25) is 0 Å². The molecular weight excluding hydrogens is 262 g/mol. The van der Waals surface area contributed by atoms with Gasteiger partial charge in [0.1, 0.15) is 0 Å². The Morgan fingerprint density at radius 3 is 2.90 bits per heavy atom. The Morgan fingerprint density at radius 2 is 2.20 bits per heavy atom. The van der Waals surface area contributed by atoms with E-state index in [0.717, 1.165) is 17.1 Å². The highest BCUT2D eigenvalue weighted by atomic mass is 32.2. The highest BCUT2D eigenvalue weighted by molar-refractivity contribution is 8.00. The van der Waals surface area contributed by atoms with Crippen LogP contribution in [0.15, 0.2) is 29.2 Å². The van der Waals surface area contributed by atoms with Gasteiger partial charge in [0.2, 0.25) is 0 Å². The molecule has 1 aromatic carbocycles. The van der Waals surface area contributed by atoms with E-state index in [1.165, 1.54) is 45.1 Å². The van der Waals surface area contributed by atoms with E-state index in [1.54, 1.807) is 10.5 Å². The highest BCUT2D eigenvalue weighted by Crippen LogP contribution is 2.59. The fourth-order valence-electron chi connectivity index (χ4n) is 5.27. The summed E-state index contributed by atoms with van der Waals surface area (Å²) in [5.74, 6) is 2.05. The van der Waals surface area contributed by atoms with Gasteiger partial charge in [0.25, 0.3) is 0 Å². The molecule has 1 aromatic rings. The van der Waals surface area contributed by atoms with Crippen molar-refractivity contribution in [3.05, 3.63) is 29.8 Å². The van der Waals surface area contributed by atoms with Crippen LogP contribution in [0.1, 0.15) is 37.7 Å². The number of benzene rings is 1. The van der Waals surface area contributed by atoms with Crippen LogP contribution in [0.3, 0.4) is 0 Å². The summed E-state index contributed by atoms with van der Waals surface area (Å²) in [6.45, 7) is 1.24. The molecule has 1 aliphatic heterocycles. The Kier molecular flexibility index (Phi) is 3.35. The molecule has 2 saturated carbocycles. The van der Waals surface area contributed by atoms with Crippen LogP contribution in [0.5, 0.6) is 0 Å².